The maximum Gasteiger partial charge on any atom is 0.165 e. The van der Waals surface area contributed by atoms with Gasteiger partial charge in [-0.25, -0.2) is 10.1 Å². The number of rotatable bonds is 7. The molecule has 0 atom stereocenters. The smallest absolute Gasteiger partial charge is 0.165 e. The Bertz CT molecular complexity index is 878. The van der Waals surface area contributed by atoms with E-state index in [0.29, 0.717) is 12.2 Å². The molecular weight excluding hydrogens is 324 g/mol. The Labute approximate surface area is 153 Å². The highest BCUT2D eigenvalue weighted by Gasteiger charge is 2.20. The second-order valence-corrected chi connectivity index (χ2v) is 6.18. The molecule has 0 aliphatic carbocycles. The van der Waals surface area contributed by atoms with Crippen molar-refractivity contribution in [3.63, 3.8) is 0 Å². The van der Waals surface area contributed by atoms with Crippen LogP contribution < -0.4 is 5.01 Å². The van der Waals surface area contributed by atoms with Gasteiger partial charge in [0.25, 0.3) is 0 Å². The number of benzene rings is 3. The van der Waals surface area contributed by atoms with E-state index in [4.69, 9.17) is 0 Å². The van der Waals surface area contributed by atoms with Gasteiger partial charge in [0.15, 0.2) is 5.03 Å². The van der Waals surface area contributed by atoms with Crippen LogP contribution in [0.15, 0.2) is 78.9 Å². The van der Waals surface area contributed by atoms with Crippen molar-refractivity contribution in [2.45, 2.75) is 19.8 Å². The fraction of sp³-hybridized carbons (Fsp3) is 0.182. The van der Waals surface area contributed by atoms with Crippen molar-refractivity contribution in [1.29, 1.82) is 0 Å². The zero-order valence-electron chi connectivity index (χ0n) is 14.8. The normalized spacial score (nSPS) is 10.5. The number of para-hydroxylation sites is 1. The van der Waals surface area contributed by atoms with Crippen LogP contribution in [0.5, 0.6) is 0 Å². The highest BCUT2D eigenvalue weighted by Crippen LogP contribution is 2.33. The molecule has 0 aromatic heterocycles. The van der Waals surface area contributed by atoms with Gasteiger partial charge in [-0.2, -0.15) is 0 Å². The van der Waals surface area contributed by atoms with Crippen LogP contribution in [-0.4, -0.2) is 11.6 Å². The second-order valence-electron chi connectivity index (χ2n) is 6.18. The van der Waals surface area contributed by atoms with Crippen molar-refractivity contribution in [3.8, 4) is 22.3 Å². The van der Waals surface area contributed by atoms with Crippen LogP contribution in [0.25, 0.3) is 22.3 Å². The first-order chi connectivity index (χ1) is 12.7. The summed E-state index contributed by atoms with van der Waals surface area (Å²) in [5, 5.41) is 12.6. The van der Waals surface area contributed by atoms with Crippen LogP contribution >= 0.6 is 0 Å². The molecule has 0 unspecified atom stereocenters. The Balaban J connectivity index is 2.04. The summed E-state index contributed by atoms with van der Waals surface area (Å²) in [5.41, 5.74) is 4.71. The van der Waals surface area contributed by atoms with E-state index in [1.807, 2.05) is 61.5 Å². The number of nitro groups is 1. The monoisotopic (exact) mass is 346 g/mol. The SMILES string of the molecule is CCCCN(c1ccccc1-c1cccc(-c2ccccc2)c1)[N+](=O)[O-]. The molecule has 0 radical (unpaired) electrons. The molecule has 0 aliphatic heterocycles. The fourth-order valence-electron chi connectivity index (χ4n) is 3.04. The molecule has 4 nitrogen and oxygen atoms in total. The van der Waals surface area contributed by atoms with Crippen LogP contribution in [0.1, 0.15) is 19.8 Å². The van der Waals surface area contributed by atoms with Crippen LogP contribution in [-0.2, 0) is 0 Å². The Morgan fingerprint density at radius 1 is 0.846 bits per heavy atom. The highest BCUT2D eigenvalue weighted by atomic mass is 16.7. The fourth-order valence-corrected chi connectivity index (χ4v) is 3.04. The van der Waals surface area contributed by atoms with Gasteiger partial charge >= 0.3 is 0 Å². The van der Waals surface area contributed by atoms with Gasteiger partial charge in [0.2, 0.25) is 0 Å². The van der Waals surface area contributed by atoms with Crippen LogP contribution in [0.2, 0.25) is 0 Å². The predicted molar refractivity (Wildman–Crippen MR) is 107 cm³/mol. The number of hydrogen-bond donors (Lipinski definition) is 0. The van der Waals surface area contributed by atoms with Crippen LogP contribution in [0.3, 0.4) is 0 Å². The minimum absolute atomic E-state index is 0.310. The zero-order chi connectivity index (χ0) is 18.4. The lowest BCUT2D eigenvalue weighted by molar-refractivity contribution is -0.494. The van der Waals surface area contributed by atoms with Crippen molar-refractivity contribution in [2.24, 2.45) is 0 Å². The molecule has 0 spiro atoms. The van der Waals surface area contributed by atoms with Crippen molar-refractivity contribution >= 4 is 5.69 Å². The van der Waals surface area contributed by atoms with Gasteiger partial charge < -0.3 is 0 Å². The summed E-state index contributed by atoms with van der Waals surface area (Å²) in [6, 6.07) is 25.8. The first kappa shape index (κ1) is 17.7. The van der Waals surface area contributed by atoms with Gasteiger partial charge in [-0.05, 0) is 35.2 Å². The number of hydrazine groups is 1. The van der Waals surface area contributed by atoms with E-state index in [-0.39, 0.29) is 5.03 Å². The largest absolute Gasteiger partial charge is 0.234 e. The van der Waals surface area contributed by atoms with Crippen molar-refractivity contribution in [3.05, 3.63) is 89.0 Å². The van der Waals surface area contributed by atoms with E-state index in [1.54, 1.807) is 0 Å². The summed E-state index contributed by atoms with van der Waals surface area (Å²) < 4.78 is 0. The maximum absolute atomic E-state index is 11.6. The molecule has 0 saturated heterocycles. The molecule has 0 fully saturated rings. The average molecular weight is 346 g/mol. The van der Waals surface area contributed by atoms with E-state index in [9.17, 15) is 10.1 Å². The van der Waals surface area contributed by atoms with Gasteiger partial charge in [-0.1, -0.05) is 85.1 Å². The van der Waals surface area contributed by atoms with E-state index in [1.165, 1.54) is 5.01 Å². The Kier molecular flexibility index (Phi) is 5.64. The summed E-state index contributed by atoms with van der Waals surface area (Å²) in [4.78, 5) is 11.6. The lowest BCUT2D eigenvalue weighted by atomic mass is 9.98. The molecular formula is C22H22N2O2. The number of hydrogen-bond acceptors (Lipinski definition) is 2. The average Bonchev–Trinajstić information content (AvgIpc) is 2.69. The van der Waals surface area contributed by atoms with E-state index in [0.717, 1.165) is 35.1 Å². The summed E-state index contributed by atoms with van der Waals surface area (Å²) in [6.07, 6.45) is 1.69. The zero-order valence-corrected chi connectivity index (χ0v) is 14.8. The molecule has 3 aromatic rings. The molecule has 0 amide bonds. The molecule has 3 aromatic carbocycles. The lowest BCUT2D eigenvalue weighted by Gasteiger charge is -2.18. The third-order valence-corrected chi connectivity index (χ3v) is 4.38. The van der Waals surface area contributed by atoms with E-state index in [2.05, 4.69) is 24.3 Å². The Morgan fingerprint density at radius 2 is 1.50 bits per heavy atom. The van der Waals surface area contributed by atoms with Gasteiger partial charge in [0, 0.05) is 5.56 Å². The Morgan fingerprint density at radius 3 is 2.23 bits per heavy atom. The molecule has 26 heavy (non-hydrogen) atoms. The molecule has 0 N–H and O–H groups in total. The number of nitrogens with zero attached hydrogens (tertiary/aromatic N) is 2. The second kappa shape index (κ2) is 8.30. The van der Waals surface area contributed by atoms with Crippen molar-refractivity contribution in [2.75, 3.05) is 11.6 Å². The molecule has 4 heteroatoms. The number of unbranched alkanes of at least 4 members (excludes halogenated alkanes) is 1. The topological polar surface area (TPSA) is 46.4 Å². The van der Waals surface area contributed by atoms with Crippen molar-refractivity contribution < 1.29 is 5.03 Å². The summed E-state index contributed by atoms with van der Waals surface area (Å²) in [6.45, 7) is 2.44. The summed E-state index contributed by atoms with van der Waals surface area (Å²) in [7, 11) is 0. The predicted octanol–water partition coefficient (Wildman–Crippen LogP) is 5.82. The molecule has 0 aliphatic rings. The van der Waals surface area contributed by atoms with Crippen molar-refractivity contribution in [1.82, 2.24) is 0 Å². The molecule has 0 saturated carbocycles. The standard InChI is InChI=1S/C22H22N2O2/c1-2-3-16-23(24(25)26)22-15-8-7-14-21(22)20-13-9-12-19(17-20)18-10-5-4-6-11-18/h4-15,17H,2-3,16H2,1H3. The third kappa shape index (κ3) is 3.91. The third-order valence-electron chi connectivity index (χ3n) is 4.38. The van der Waals surface area contributed by atoms with Gasteiger partial charge in [0.1, 0.15) is 5.69 Å². The molecule has 132 valence electrons. The van der Waals surface area contributed by atoms with Gasteiger partial charge in [0.05, 0.1) is 6.54 Å². The molecule has 3 rings (SSSR count). The lowest BCUT2D eigenvalue weighted by Crippen LogP contribution is -2.31. The minimum atomic E-state index is -0.310. The summed E-state index contributed by atoms with van der Waals surface area (Å²) >= 11 is 0. The number of anilines is 1. The highest BCUT2D eigenvalue weighted by molar-refractivity contribution is 5.81. The Hall–Kier alpha value is -3.14. The van der Waals surface area contributed by atoms with Crippen LogP contribution in [0.4, 0.5) is 5.69 Å². The van der Waals surface area contributed by atoms with Gasteiger partial charge in [-0.15, -0.1) is 0 Å². The maximum atomic E-state index is 11.6. The summed E-state index contributed by atoms with van der Waals surface area (Å²) in [5.74, 6) is 0. The van der Waals surface area contributed by atoms with Gasteiger partial charge in [-0.3, -0.25) is 0 Å². The molecule has 0 bridgehead atoms. The van der Waals surface area contributed by atoms with Crippen LogP contribution in [0, 0.1) is 10.1 Å². The quantitative estimate of drug-likeness (QED) is 0.400. The first-order valence-corrected chi connectivity index (χ1v) is 8.87. The minimum Gasteiger partial charge on any atom is -0.234 e. The van der Waals surface area contributed by atoms with E-state index >= 15 is 0 Å². The molecule has 0 heterocycles. The van der Waals surface area contributed by atoms with E-state index < -0.39 is 0 Å². The first-order valence-electron chi connectivity index (χ1n) is 8.87.